The zero-order valence-corrected chi connectivity index (χ0v) is 18.2. The molecule has 1 aromatic rings. The van der Waals surface area contributed by atoms with Crippen molar-refractivity contribution in [3.05, 3.63) is 29.1 Å². The van der Waals surface area contributed by atoms with Crippen LogP contribution in [0.25, 0.3) is 0 Å². The summed E-state index contributed by atoms with van der Waals surface area (Å²) in [5.74, 6) is -0.131. The van der Waals surface area contributed by atoms with Crippen molar-refractivity contribution >= 4 is 17.5 Å². The van der Waals surface area contributed by atoms with Crippen LogP contribution in [0.1, 0.15) is 50.7 Å². The molecule has 2 unspecified atom stereocenters. The molecule has 2 aliphatic heterocycles. The van der Waals surface area contributed by atoms with Crippen LogP contribution in [0.5, 0.6) is 0 Å². The van der Waals surface area contributed by atoms with Gasteiger partial charge in [-0.2, -0.15) is 0 Å². The first kappa shape index (κ1) is 21.1. The van der Waals surface area contributed by atoms with Crippen LogP contribution in [0.15, 0.2) is 12.1 Å². The summed E-state index contributed by atoms with van der Waals surface area (Å²) < 4.78 is 14.1. The average molecular weight is 417 g/mol. The van der Waals surface area contributed by atoms with Crippen molar-refractivity contribution < 1.29 is 14.0 Å². The topological polar surface area (TPSA) is 64.7 Å². The van der Waals surface area contributed by atoms with Crippen molar-refractivity contribution in [1.29, 1.82) is 0 Å². The van der Waals surface area contributed by atoms with Crippen molar-refractivity contribution in [2.24, 2.45) is 0 Å². The average Bonchev–Trinajstić information content (AvgIpc) is 3.18. The van der Waals surface area contributed by atoms with Crippen molar-refractivity contribution in [2.75, 3.05) is 25.0 Å². The van der Waals surface area contributed by atoms with E-state index in [1.165, 1.54) is 6.07 Å². The molecule has 2 fully saturated rings. The van der Waals surface area contributed by atoms with Gasteiger partial charge in [0.15, 0.2) is 0 Å². The summed E-state index contributed by atoms with van der Waals surface area (Å²) in [7, 11) is 0. The first-order chi connectivity index (χ1) is 14.3. The van der Waals surface area contributed by atoms with E-state index in [4.69, 9.17) is 0 Å². The predicted molar refractivity (Wildman–Crippen MR) is 115 cm³/mol. The molecule has 2 amide bonds. The molecule has 2 N–H and O–H groups in total. The summed E-state index contributed by atoms with van der Waals surface area (Å²) in [6.45, 7) is 8.25. The van der Waals surface area contributed by atoms with Gasteiger partial charge in [-0.05, 0) is 51.2 Å². The summed E-state index contributed by atoms with van der Waals surface area (Å²) in [6, 6.07) is 3.64. The zero-order chi connectivity index (χ0) is 21.4. The van der Waals surface area contributed by atoms with Gasteiger partial charge in [-0.15, -0.1) is 0 Å². The Morgan fingerprint density at radius 1 is 1.23 bits per heavy atom. The maximum absolute atomic E-state index is 14.1. The van der Waals surface area contributed by atoms with Gasteiger partial charge in [0.25, 0.3) is 0 Å². The number of nitrogens with zero attached hydrogens (tertiary/aromatic N) is 2. The third-order valence-corrected chi connectivity index (χ3v) is 7.08. The second kappa shape index (κ2) is 8.53. The van der Waals surface area contributed by atoms with Crippen LogP contribution < -0.4 is 10.6 Å². The highest BCUT2D eigenvalue weighted by molar-refractivity contribution is 5.88. The van der Waals surface area contributed by atoms with Crippen LogP contribution in [0.2, 0.25) is 0 Å². The van der Waals surface area contributed by atoms with Crippen LogP contribution in [0.3, 0.4) is 0 Å². The van der Waals surface area contributed by atoms with Crippen LogP contribution in [-0.2, 0) is 16.0 Å². The van der Waals surface area contributed by atoms with E-state index in [2.05, 4.69) is 22.5 Å². The third-order valence-electron chi connectivity index (χ3n) is 7.08. The molecule has 164 valence electrons. The molecule has 4 rings (SSSR count). The number of halogens is 1. The van der Waals surface area contributed by atoms with Crippen molar-refractivity contribution in [2.45, 2.75) is 77.0 Å². The molecule has 6 nitrogen and oxygen atoms in total. The van der Waals surface area contributed by atoms with Gasteiger partial charge in [-0.3, -0.25) is 14.5 Å². The van der Waals surface area contributed by atoms with E-state index in [0.29, 0.717) is 18.0 Å². The molecule has 7 heteroatoms. The van der Waals surface area contributed by atoms with E-state index < -0.39 is 6.04 Å². The number of amides is 2. The summed E-state index contributed by atoms with van der Waals surface area (Å²) in [6.07, 6.45) is 4.54. The molecule has 0 radical (unpaired) electrons. The molecule has 0 bridgehead atoms. The second-order valence-electron chi connectivity index (χ2n) is 9.20. The first-order valence-electron chi connectivity index (χ1n) is 11.2. The van der Waals surface area contributed by atoms with Gasteiger partial charge in [0.1, 0.15) is 11.9 Å². The minimum absolute atomic E-state index is 0.0367. The largest absolute Gasteiger partial charge is 0.373 e. The van der Waals surface area contributed by atoms with Crippen LogP contribution in [-0.4, -0.2) is 65.4 Å². The lowest BCUT2D eigenvalue weighted by atomic mass is 9.89. The summed E-state index contributed by atoms with van der Waals surface area (Å²) in [4.78, 5) is 29.1. The maximum atomic E-state index is 14.1. The van der Waals surface area contributed by atoms with Crippen LogP contribution in [0, 0.1) is 12.7 Å². The van der Waals surface area contributed by atoms with Crippen LogP contribution >= 0.6 is 0 Å². The Morgan fingerprint density at radius 3 is 2.73 bits per heavy atom. The Morgan fingerprint density at radius 2 is 2.03 bits per heavy atom. The number of nitrogens with one attached hydrogen (secondary N) is 2. The number of carbonyl (C=O) groups is 2. The predicted octanol–water partition coefficient (Wildman–Crippen LogP) is 2.45. The van der Waals surface area contributed by atoms with Gasteiger partial charge in [-0.25, -0.2) is 4.39 Å². The van der Waals surface area contributed by atoms with Gasteiger partial charge in [-0.1, -0.05) is 6.07 Å². The summed E-state index contributed by atoms with van der Waals surface area (Å²) in [5.41, 5.74) is 2.36. The fourth-order valence-electron chi connectivity index (χ4n) is 5.44. The lowest BCUT2D eigenvalue weighted by Gasteiger charge is -2.45. The quantitative estimate of drug-likeness (QED) is 0.795. The third kappa shape index (κ3) is 4.17. The molecule has 3 aliphatic rings. The highest BCUT2D eigenvalue weighted by atomic mass is 19.1. The Balaban J connectivity index is 1.33. The molecule has 30 heavy (non-hydrogen) atoms. The number of aryl methyl sites for hydroxylation is 1. The molecule has 1 saturated heterocycles. The Hall–Kier alpha value is -2.15. The Bertz CT molecular complexity index is 799. The molecular formula is C23H33FN4O2. The van der Waals surface area contributed by atoms with Gasteiger partial charge >= 0.3 is 0 Å². The van der Waals surface area contributed by atoms with Gasteiger partial charge in [0, 0.05) is 62.4 Å². The van der Waals surface area contributed by atoms with Gasteiger partial charge in [0.05, 0.1) is 0 Å². The van der Waals surface area contributed by atoms with E-state index in [1.807, 2.05) is 11.8 Å². The number of hydrogen-bond acceptors (Lipinski definition) is 4. The Labute approximate surface area is 178 Å². The molecule has 0 spiro atoms. The number of benzene rings is 1. The molecule has 1 aromatic carbocycles. The fraction of sp³-hybridized carbons (Fsp3) is 0.652. The number of piperazine rings is 1. The van der Waals surface area contributed by atoms with Crippen molar-refractivity contribution in [3.63, 3.8) is 0 Å². The van der Waals surface area contributed by atoms with E-state index in [9.17, 15) is 14.0 Å². The fourth-order valence-corrected chi connectivity index (χ4v) is 5.44. The lowest BCUT2D eigenvalue weighted by molar-refractivity contribution is -0.134. The normalized spacial score (nSPS) is 29.3. The minimum atomic E-state index is -0.407. The number of rotatable bonds is 3. The molecule has 1 aliphatic carbocycles. The van der Waals surface area contributed by atoms with Gasteiger partial charge < -0.3 is 15.5 Å². The van der Waals surface area contributed by atoms with E-state index in [1.54, 1.807) is 13.0 Å². The summed E-state index contributed by atoms with van der Waals surface area (Å²) in [5, 5.41) is 6.46. The standard InChI is InChI=1S/C23H33FN4O2/c1-14-7-8-20(24)19-12-21(26-22(14)19)23(30)25-17-5-4-6-18(11-17)27-9-10-28(16(3)29)15(2)13-27/h7-8,15,17-18,21,26H,4-6,9-13H2,1-3H3,(H,25,30)/t15-,17+,18?,21?/m0/s1. The zero-order valence-electron chi connectivity index (χ0n) is 18.2. The van der Waals surface area contributed by atoms with Gasteiger partial charge in [0.2, 0.25) is 11.8 Å². The van der Waals surface area contributed by atoms with Crippen molar-refractivity contribution in [1.82, 2.24) is 15.1 Å². The molecule has 4 atom stereocenters. The maximum Gasteiger partial charge on any atom is 0.243 e. The number of carbonyl (C=O) groups excluding carboxylic acids is 2. The molecule has 2 heterocycles. The Kier molecular flexibility index (Phi) is 6.00. The van der Waals surface area contributed by atoms with E-state index in [0.717, 1.165) is 56.6 Å². The first-order valence-corrected chi connectivity index (χ1v) is 11.2. The molecule has 1 saturated carbocycles. The van der Waals surface area contributed by atoms with Crippen LogP contribution in [0.4, 0.5) is 10.1 Å². The van der Waals surface area contributed by atoms with E-state index >= 15 is 0 Å². The number of hydrogen-bond donors (Lipinski definition) is 2. The minimum Gasteiger partial charge on any atom is -0.373 e. The highest BCUT2D eigenvalue weighted by Crippen LogP contribution is 2.32. The lowest BCUT2D eigenvalue weighted by Crippen LogP contribution is -2.58. The molecule has 0 aromatic heterocycles. The second-order valence-corrected chi connectivity index (χ2v) is 9.20. The van der Waals surface area contributed by atoms with Crippen molar-refractivity contribution in [3.8, 4) is 0 Å². The monoisotopic (exact) mass is 416 g/mol. The number of anilines is 1. The van der Waals surface area contributed by atoms with E-state index in [-0.39, 0.29) is 29.7 Å². The number of fused-ring (bicyclic) bond motifs is 1. The smallest absolute Gasteiger partial charge is 0.243 e. The summed E-state index contributed by atoms with van der Waals surface area (Å²) >= 11 is 0. The molecular weight excluding hydrogens is 383 g/mol. The highest BCUT2D eigenvalue weighted by Gasteiger charge is 2.35. The SMILES string of the molecule is CC(=O)N1CCN(C2CCC[C@@H](NC(=O)C3Cc4c(F)ccc(C)c4N3)C2)C[C@@H]1C.